The van der Waals surface area contributed by atoms with E-state index in [2.05, 4.69) is 12.6 Å². The van der Waals surface area contributed by atoms with Gasteiger partial charge in [0, 0.05) is 0 Å². The molecular weight excluding hydrogens is 213 g/mol. The van der Waals surface area contributed by atoms with E-state index < -0.39 is 0 Å². The molecule has 1 aromatic rings. The Morgan fingerprint density at radius 3 is 2.60 bits per heavy atom. The number of benzene rings is 1. The Hall–Kier alpha value is -0.740. The minimum Gasteiger partial charge on any atom is -0.491 e. The lowest BCUT2D eigenvalue weighted by atomic mass is 10.2. The summed E-state index contributed by atoms with van der Waals surface area (Å²) in [5, 5.41) is -0.102. The molecule has 15 heavy (non-hydrogen) atoms. The molecule has 2 nitrogen and oxygen atoms in total. The quantitative estimate of drug-likeness (QED) is 0.629. The Kier molecular flexibility index (Phi) is 4.42. The van der Waals surface area contributed by atoms with Gasteiger partial charge in [0.15, 0.2) is 11.6 Å². The third-order valence-electron chi connectivity index (χ3n) is 2.04. The van der Waals surface area contributed by atoms with Gasteiger partial charge in [-0.15, -0.1) is 0 Å². The fourth-order valence-corrected chi connectivity index (χ4v) is 1.41. The molecule has 0 N–H and O–H groups in total. The van der Waals surface area contributed by atoms with Crippen molar-refractivity contribution in [1.82, 2.24) is 4.90 Å². The van der Waals surface area contributed by atoms with Crippen molar-refractivity contribution in [1.29, 1.82) is 0 Å². The van der Waals surface area contributed by atoms with Gasteiger partial charge in [-0.2, -0.15) is 12.6 Å². The monoisotopic (exact) mass is 229 g/mol. The zero-order chi connectivity index (χ0) is 11.4. The number of halogens is 1. The van der Waals surface area contributed by atoms with Crippen LogP contribution in [-0.4, -0.2) is 25.6 Å². The third-order valence-corrected chi connectivity index (χ3v) is 2.80. The summed E-state index contributed by atoms with van der Waals surface area (Å²) < 4.78 is 18.6. The van der Waals surface area contributed by atoms with Crippen LogP contribution in [0.4, 0.5) is 4.39 Å². The Morgan fingerprint density at radius 2 is 2.13 bits per heavy atom. The van der Waals surface area contributed by atoms with Crippen molar-refractivity contribution in [2.75, 3.05) is 20.7 Å². The SMILES string of the molecule is CCOc1ccc(C(S)N(C)C)cc1F. The summed E-state index contributed by atoms with van der Waals surface area (Å²) in [6, 6.07) is 4.93. The Morgan fingerprint density at radius 1 is 1.47 bits per heavy atom. The topological polar surface area (TPSA) is 12.5 Å². The minimum atomic E-state index is -0.338. The van der Waals surface area contributed by atoms with Gasteiger partial charge in [0.2, 0.25) is 0 Å². The number of ether oxygens (including phenoxy) is 1. The Balaban J connectivity index is 2.90. The molecule has 84 valence electrons. The first-order chi connectivity index (χ1) is 7.06. The van der Waals surface area contributed by atoms with Crippen molar-refractivity contribution in [2.24, 2.45) is 0 Å². The normalized spacial score (nSPS) is 12.9. The highest BCUT2D eigenvalue weighted by molar-refractivity contribution is 7.80. The number of hydrogen-bond acceptors (Lipinski definition) is 3. The molecule has 0 fully saturated rings. The first-order valence-electron chi connectivity index (χ1n) is 4.83. The van der Waals surface area contributed by atoms with Crippen molar-refractivity contribution in [3.63, 3.8) is 0 Å². The molecule has 1 unspecified atom stereocenters. The maximum atomic E-state index is 13.5. The van der Waals surface area contributed by atoms with Gasteiger partial charge in [0.1, 0.15) is 0 Å². The molecule has 0 aliphatic heterocycles. The summed E-state index contributed by atoms with van der Waals surface area (Å²) in [7, 11) is 3.79. The first kappa shape index (κ1) is 12.3. The Bertz CT molecular complexity index is 330. The smallest absolute Gasteiger partial charge is 0.165 e. The summed E-state index contributed by atoms with van der Waals surface area (Å²) in [5.74, 6) is -0.0456. The summed E-state index contributed by atoms with van der Waals surface area (Å²) in [5.41, 5.74) is 0.823. The molecule has 0 aromatic heterocycles. The average Bonchev–Trinajstić information content (AvgIpc) is 2.20. The number of hydrogen-bond donors (Lipinski definition) is 1. The van der Waals surface area contributed by atoms with Crippen molar-refractivity contribution in [2.45, 2.75) is 12.3 Å². The third kappa shape index (κ3) is 3.11. The van der Waals surface area contributed by atoms with Crippen LogP contribution < -0.4 is 4.74 Å². The van der Waals surface area contributed by atoms with Crippen LogP contribution in [0.5, 0.6) is 5.75 Å². The van der Waals surface area contributed by atoms with E-state index >= 15 is 0 Å². The van der Waals surface area contributed by atoms with E-state index in [1.54, 1.807) is 6.07 Å². The van der Waals surface area contributed by atoms with Crippen molar-refractivity contribution >= 4 is 12.6 Å². The standard InChI is InChI=1S/C11H16FNOS/c1-4-14-10-6-5-8(7-9(10)12)11(15)13(2)3/h5-7,11,15H,4H2,1-3H3. The molecule has 0 spiro atoms. The number of thiol groups is 1. The van der Waals surface area contributed by atoms with Gasteiger partial charge in [-0.05, 0) is 38.7 Å². The molecule has 0 bridgehead atoms. The molecule has 0 saturated heterocycles. The zero-order valence-corrected chi connectivity index (χ0v) is 10.1. The van der Waals surface area contributed by atoms with Gasteiger partial charge in [-0.25, -0.2) is 4.39 Å². The summed E-state index contributed by atoms with van der Waals surface area (Å²) in [6.45, 7) is 2.29. The summed E-state index contributed by atoms with van der Waals surface area (Å²) in [4.78, 5) is 1.90. The van der Waals surface area contributed by atoms with Crippen molar-refractivity contribution in [3.05, 3.63) is 29.6 Å². The first-order valence-corrected chi connectivity index (χ1v) is 5.34. The Labute approximate surface area is 95.5 Å². The van der Waals surface area contributed by atoms with E-state index in [1.807, 2.05) is 32.0 Å². The van der Waals surface area contributed by atoms with Crippen LogP contribution in [0.1, 0.15) is 17.9 Å². The van der Waals surface area contributed by atoms with Crippen LogP contribution in [0.3, 0.4) is 0 Å². The molecule has 1 atom stereocenters. The van der Waals surface area contributed by atoms with Crippen LogP contribution in [0, 0.1) is 5.82 Å². The molecule has 0 amide bonds. The molecule has 1 rings (SSSR count). The second-order valence-electron chi connectivity index (χ2n) is 3.46. The predicted molar refractivity (Wildman–Crippen MR) is 63.0 cm³/mol. The predicted octanol–water partition coefficient (Wildman–Crippen LogP) is 2.71. The van der Waals surface area contributed by atoms with Crippen LogP contribution >= 0.6 is 12.6 Å². The lowest BCUT2D eigenvalue weighted by molar-refractivity contribution is 0.320. The maximum absolute atomic E-state index is 13.5. The number of rotatable bonds is 4. The maximum Gasteiger partial charge on any atom is 0.165 e. The lowest BCUT2D eigenvalue weighted by Crippen LogP contribution is -2.15. The molecule has 1 aromatic carbocycles. The van der Waals surface area contributed by atoms with E-state index in [0.717, 1.165) is 5.56 Å². The molecule has 4 heteroatoms. The van der Waals surface area contributed by atoms with Gasteiger partial charge in [0.25, 0.3) is 0 Å². The molecule has 0 radical (unpaired) electrons. The van der Waals surface area contributed by atoms with E-state index in [4.69, 9.17) is 4.74 Å². The second kappa shape index (κ2) is 5.37. The summed E-state index contributed by atoms with van der Waals surface area (Å²) >= 11 is 4.37. The van der Waals surface area contributed by atoms with Crippen LogP contribution in [0.2, 0.25) is 0 Å². The van der Waals surface area contributed by atoms with Crippen molar-refractivity contribution < 1.29 is 9.13 Å². The van der Waals surface area contributed by atoms with E-state index in [0.29, 0.717) is 12.4 Å². The van der Waals surface area contributed by atoms with Gasteiger partial charge in [-0.1, -0.05) is 6.07 Å². The van der Waals surface area contributed by atoms with E-state index in [9.17, 15) is 4.39 Å². The fraction of sp³-hybridized carbons (Fsp3) is 0.455. The van der Waals surface area contributed by atoms with Gasteiger partial charge in [-0.3, -0.25) is 4.90 Å². The van der Waals surface area contributed by atoms with Crippen LogP contribution in [0.15, 0.2) is 18.2 Å². The van der Waals surface area contributed by atoms with Crippen molar-refractivity contribution in [3.8, 4) is 5.75 Å². The molecule has 0 saturated carbocycles. The van der Waals surface area contributed by atoms with Gasteiger partial charge in [0.05, 0.1) is 12.0 Å². The largest absolute Gasteiger partial charge is 0.491 e. The van der Waals surface area contributed by atoms with Gasteiger partial charge >= 0.3 is 0 Å². The zero-order valence-electron chi connectivity index (χ0n) is 9.20. The highest BCUT2D eigenvalue weighted by Gasteiger charge is 2.11. The highest BCUT2D eigenvalue weighted by atomic mass is 32.1. The fourth-order valence-electron chi connectivity index (χ4n) is 1.25. The molecule has 0 heterocycles. The molecule has 0 aliphatic rings. The highest BCUT2D eigenvalue weighted by Crippen LogP contribution is 2.26. The van der Waals surface area contributed by atoms with Crippen LogP contribution in [0.25, 0.3) is 0 Å². The molecule has 0 aliphatic carbocycles. The van der Waals surface area contributed by atoms with E-state index in [-0.39, 0.29) is 11.2 Å². The minimum absolute atomic E-state index is 0.102. The van der Waals surface area contributed by atoms with Crippen LogP contribution in [-0.2, 0) is 0 Å². The average molecular weight is 229 g/mol. The van der Waals surface area contributed by atoms with Gasteiger partial charge < -0.3 is 4.74 Å². The summed E-state index contributed by atoms with van der Waals surface area (Å²) in [6.07, 6.45) is 0. The lowest BCUT2D eigenvalue weighted by Gasteiger charge is -2.19. The number of nitrogens with zero attached hydrogens (tertiary/aromatic N) is 1. The van der Waals surface area contributed by atoms with E-state index in [1.165, 1.54) is 6.07 Å². The second-order valence-corrected chi connectivity index (χ2v) is 3.95. The molecular formula is C11H16FNOS.